The average Bonchev–Trinajstić information content (AvgIpc) is 2.34. The average molecular weight is 280 g/mol. The van der Waals surface area contributed by atoms with Crippen LogP contribution in [0.1, 0.15) is 49.8 Å². The van der Waals surface area contributed by atoms with Gasteiger partial charge in [0.2, 0.25) is 0 Å². The Morgan fingerprint density at radius 3 is 2.65 bits per heavy atom. The molecular weight excluding hydrogens is 255 g/mol. The Kier molecular flexibility index (Phi) is 5.00. The quantitative estimate of drug-likeness (QED) is 0.842. The summed E-state index contributed by atoms with van der Waals surface area (Å²) in [5, 5.41) is 9.10. The van der Waals surface area contributed by atoms with Gasteiger partial charge in [-0.1, -0.05) is 0 Å². The second-order valence-electron chi connectivity index (χ2n) is 5.80. The van der Waals surface area contributed by atoms with E-state index in [9.17, 15) is 4.39 Å². The summed E-state index contributed by atoms with van der Waals surface area (Å²) in [5.74, 6) is -0.197. The number of nitrogens with zero attached hydrogens (tertiary/aromatic N) is 1. The van der Waals surface area contributed by atoms with Gasteiger partial charge in [0.05, 0.1) is 0 Å². The van der Waals surface area contributed by atoms with Crippen molar-refractivity contribution < 1.29 is 9.50 Å². The number of hydrogen-bond donors (Lipinski definition) is 2. The van der Waals surface area contributed by atoms with Gasteiger partial charge in [-0.2, -0.15) is 0 Å². The number of benzene rings is 1. The number of aliphatic hydroxyl groups excluding tert-OH is 1. The molecule has 1 aromatic carbocycles. The molecule has 4 heteroatoms. The van der Waals surface area contributed by atoms with Gasteiger partial charge in [0.1, 0.15) is 5.82 Å². The molecule has 1 atom stereocenters. The number of rotatable bonds is 6. The molecule has 0 bridgehead atoms. The van der Waals surface area contributed by atoms with E-state index in [0.29, 0.717) is 11.6 Å². The largest absolute Gasteiger partial charge is 0.396 e. The van der Waals surface area contributed by atoms with Crippen LogP contribution in [0.5, 0.6) is 0 Å². The highest BCUT2D eigenvalue weighted by Crippen LogP contribution is 2.35. The fourth-order valence-corrected chi connectivity index (χ4v) is 2.73. The summed E-state index contributed by atoms with van der Waals surface area (Å²) in [6.45, 7) is 4.65. The molecule has 0 aliphatic heterocycles. The molecule has 0 saturated heterocycles. The molecule has 0 unspecified atom stereocenters. The van der Waals surface area contributed by atoms with E-state index in [1.54, 1.807) is 13.0 Å². The summed E-state index contributed by atoms with van der Waals surface area (Å²) in [6.07, 6.45) is 4.31. The smallest absolute Gasteiger partial charge is 0.126 e. The lowest BCUT2D eigenvalue weighted by Gasteiger charge is -2.41. The molecule has 1 saturated carbocycles. The minimum absolute atomic E-state index is 0.177. The van der Waals surface area contributed by atoms with Crippen LogP contribution < -0.4 is 10.6 Å². The number of aliphatic hydroxyl groups is 1. The topological polar surface area (TPSA) is 49.5 Å². The SMILES string of the molecule is Cc1cc(N(CCCO)C2CCC2)c([C@H](C)N)cc1F. The Bertz CT molecular complexity index is 458. The minimum Gasteiger partial charge on any atom is -0.396 e. The Morgan fingerprint density at radius 1 is 1.45 bits per heavy atom. The first-order chi connectivity index (χ1) is 9.54. The Labute approximate surface area is 120 Å². The molecule has 0 radical (unpaired) electrons. The Balaban J connectivity index is 2.37. The molecule has 0 spiro atoms. The van der Waals surface area contributed by atoms with Crippen molar-refractivity contribution in [2.45, 2.75) is 51.6 Å². The number of nitrogens with two attached hydrogens (primary N) is 1. The van der Waals surface area contributed by atoms with Crippen molar-refractivity contribution >= 4 is 5.69 Å². The summed E-state index contributed by atoms with van der Waals surface area (Å²) in [6, 6.07) is 3.78. The molecule has 1 fully saturated rings. The third-order valence-electron chi connectivity index (χ3n) is 4.18. The van der Waals surface area contributed by atoms with Crippen molar-refractivity contribution in [3.05, 3.63) is 29.1 Å². The van der Waals surface area contributed by atoms with Gasteiger partial charge in [-0.3, -0.25) is 0 Å². The highest BCUT2D eigenvalue weighted by Gasteiger charge is 2.27. The lowest BCUT2D eigenvalue weighted by Crippen LogP contribution is -2.42. The highest BCUT2D eigenvalue weighted by molar-refractivity contribution is 5.58. The molecule has 3 nitrogen and oxygen atoms in total. The van der Waals surface area contributed by atoms with E-state index in [0.717, 1.165) is 24.2 Å². The van der Waals surface area contributed by atoms with E-state index in [1.165, 1.54) is 19.3 Å². The molecule has 1 aliphatic rings. The second-order valence-corrected chi connectivity index (χ2v) is 5.80. The van der Waals surface area contributed by atoms with Crippen LogP contribution in [0.15, 0.2) is 12.1 Å². The normalized spacial score (nSPS) is 16.9. The maximum absolute atomic E-state index is 13.8. The fraction of sp³-hybridized carbons (Fsp3) is 0.625. The van der Waals surface area contributed by atoms with Crippen LogP contribution in [-0.4, -0.2) is 24.3 Å². The van der Waals surface area contributed by atoms with Gasteiger partial charge in [0.25, 0.3) is 0 Å². The first-order valence-electron chi connectivity index (χ1n) is 7.47. The van der Waals surface area contributed by atoms with Crippen molar-refractivity contribution in [1.82, 2.24) is 0 Å². The molecule has 3 N–H and O–H groups in total. The first-order valence-corrected chi connectivity index (χ1v) is 7.47. The van der Waals surface area contributed by atoms with Gasteiger partial charge >= 0.3 is 0 Å². The molecule has 2 rings (SSSR count). The molecular formula is C16H25FN2O. The number of aryl methyl sites for hydroxylation is 1. The fourth-order valence-electron chi connectivity index (χ4n) is 2.73. The van der Waals surface area contributed by atoms with Gasteiger partial charge in [0, 0.05) is 30.9 Å². The standard InChI is InChI=1S/C16H25FN2O/c1-11-9-16(14(12(2)18)10-15(11)17)19(7-4-8-20)13-5-3-6-13/h9-10,12-13,20H,3-8,18H2,1-2H3/t12-/m0/s1. The molecule has 0 amide bonds. The summed E-state index contributed by atoms with van der Waals surface area (Å²) < 4.78 is 13.8. The van der Waals surface area contributed by atoms with Crippen molar-refractivity contribution in [3.8, 4) is 0 Å². The zero-order valence-corrected chi connectivity index (χ0v) is 12.4. The van der Waals surface area contributed by atoms with E-state index < -0.39 is 0 Å². The van der Waals surface area contributed by atoms with E-state index in [2.05, 4.69) is 4.90 Å². The second kappa shape index (κ2) is 6.55. The van der Waals surface area contributed by atoms with E-state index in [1.807, 2.05) is 13.0 Å². The lowest BCUT2D eigenvalue weighted by molar-refractivity contribution is 0.283. The molecule has 20 heavy (non-hydrogen) atoms. The van der Waals surface area contributed by atoms with Gasteiger partial charge in [-0.15, -0.1) is 0 Å². The maximum Gasteiger partial charge on any atom is 0.126 e. The Hall–Kier alpha value is -1.13. The van der Waals surface area contributed by atoms with Crippen LogP contribution in [0.4, 0.5) is 10.1 Å². The monoisotopic (exact) mass is 280 g/mol. The third-order valence-corrected chi connectivity index (χ3v) is 4.18. The molecule has 1 aromatic rings. The van der Waals surface area contributed by atoms with Crippen LogP contribution in [0, 0.1) is 12.7 Å². The predicted octanol–water partition coefficient (Wildman–Crippen LogP) is 2.90. The number of hydrogen-bond acceptors (Lipinski definition) is 3. The van der Waals surface area contributed by atoms with Crippen LogP contribution in [0.25, 0.3) is 0 Å². The van der Waals surface area contributed by atoms with Crippen LogP contribution in [0.3, 0.4) is 0 Å². The maximum atomic E-state index is 13.8. The predicted molar refractivity (Wildman–Crippen MR) is 80.4 cm³/mol. The molecule has 1 aliphatic carbocycles. The summed E-state index contributed by atoms with van der Waals surface area (Å²) in [5.41, 5.74) is 8.57. The van der Waals surface area contributed by atoms with Crippen LogP contribution in [0.2, 0.25) is 0 Å². The van der Waals surface area contributed by atoms with Crippen LogP contribution in [-0.2, 0) is 0 Å². The van der Waals surface area contributed by atoms with E-state index in [4.69, 9.17) is 10.8 Å². The molecule has 112 valence electrons. The Morgan fingerprint density at radius 2 is 2.15 bits per heavy atom. The third kappa shape index (κ3) is 3.13. The minimum atomic E-state index is -0.197. The van der Waals surface area contributed by atoms with Gasteiger partial charge in [0.15, 0.2) is 0 Å². The molecule has 0 heterocycles. The zero-order chi connectivity index (χ0) is 14.7. The van der Waals surface area contributed by atoms with Gasteiger partial charge in [-0.25, -0.2) is 4.39 Å². The van der Waals surface area contributed by atoms with Crippen molar-refractivity contribution in [2.75, 3.05) is 18.1 Å². The van der Waals surface area contributed by atoms with Crippen LogP contribution >= 0.6 is 0 Å². The molecule has 0 aromatic heterocycles. The number of anilines is 1. The van der Waals surface area contributed by atoms with Gasteiger partial charge in [-0.05, 0) is 62.8 Å². The number of halogens is 1. The van der Waals surface area contributed by atoms with Crippen molar-refractivity contribution in [3.63, 3.8) is 0 Å². The zero-order valence-electron chi connectivity index (χ0n) is 12.4. The summed E-state index contributed by atoms with van der Waals surface area (Å²) >= 11 is 0. The summed E-state index contributed by atoms with van der Waals surface area (Å²) in [7, 11) is 0. The van der Waals surface area contributed by atoms with E-state index >= 15 is 0 Å². The lowest BCUT2D eigenvalue weighted by atomic mass is 9.89. The van der Waals surface area contributed by atoms with Gasteiger partial charge < -0.3 is 15.7 Å². The van der Waals surface area contributed by atoms with Crippen molar-refractivity contribution in [1.29, 1.82) is 0 Å². The van der Waals surface area contributed by atoms with Crippen molar-refractivity contribution in [2.24, 2.45) is 5.73 Å². The van der Waals surface area contributed by atoms with E-state index in [-0.39, 0.29) is 18.5 Å². The highest BCUT2D eigenvalue weighted by atomic mass is 19.1. The first kappa shape index (κ1) is 15.3. The summed E-state index contributed by atoms with van der Waals surface area (Å²) in [4.78, 5) is 2.31.